The summed E-state index contributed by atoms with van der Waals surface area (Å²) in [4.78, 5) is 10.8. The van der Waals surface area contributed by atoms with Gasteiger partial charge in [-0.25, -0.2) is 8.78 Å². The van der Waals surface area contributed by atoms with Crippen molar-refractivity contribution < 1.29 is 40.3 Å². The van der Waals surface area contributed by atoms with E-state index in [1.807, 2.05) is 0 Å². The number of Topliss-reactive ketones (excluding diaryl/α,β-unsaturated/α-hetero) is 1. The monoisotopic (exact) mass is 362 g/mol. The number of carbonyl (C=O) groups excluding carboxylic acids is 1. The molecule has 0 N–H and O–H groups in total. The van der Waals surface area contributed by atoms with Gasteiger partial charge < -0.3 is 4.74 Å². The summed E-state index contributed by atoms with van der Waals surface area (Å²) in [6.45, 7) is 0. The molecule has 0 aromatic rings. The molecule has 1 saturated carbocycles. The van der Waals surface area contributed by atoms with Gasteiger partial charge in [-0.3, -0.25) is 4.79 Å². The lowest BCUT2D eigenvalue weighted by molar-refractivity contribution is -0.158. The summed E-state index contributed by atoms with van der Waals surface area (Å²) in [7, 11) is 0. The highest BCUT2D eigenvalue weighted by Gasteiger charge is 2.59. The SMILES string of the molecule is O=C1C(SC(F)(F)C(F)F)=C(C(F)(F)F)O[C@@H]2[C@H]1[C@H]1C=C[C@H]2C1. The van der Waals surface area contributed by atoms with E-state index in [2.05, 4.69) is 0 Å². The second-order valence-corrected chi connectivity index (χ2v) is 6.70. The number of ether oxygens (including phenoxy) is 1. The van der Waals surface area contributed by atoms with Crippen molar-refractivity contribution in [1.29, 1.82) is 0 Å². The van der Waals surface area contributed by atoms with Crippen LogP contribution in [-0.4, -0.2) is 29.7 Å². The number of ketones is 1. The van der Waals surface area contributed by atoms with Gasteiger partial charge in [-0.2, -0.15) is 22.0 Å². The van der Waals surface area contributed by atoms with Crippen LogP contribution in [-0.2, 0) is 9.53 Å². The van der Waals surface area contributed by atoms with E-state index in [1.165, 1.54) is 0 Å². The fourth-order valence-corrected chi connectivity index (χ4v) is 4.06. The van der Waals surface area contributed by atoms with Gasteiger partial charge in [0.05, 0.1) is 5.92 Å². The number of fused-ring (bicyclic) bond motifs is 5. The Bertz CT molecular complexity index is 596. The van der Waals surface area contributed by atoms with Crippen LogP contribution in [0.25, 0.3) is 0 Å². The van der Waals surface area contributed by atoms with E-state index in [4.69, 9.17) is 4.74 Å². The number of rotatable bonds is 3. The third kappa shape index (κ3) is 2.64. The highest BCUT2D eigenvalue weighted by Crippen LogP contribution is 2.55. The topological polar surface area (TPSA) is 26.3 Å². The zero-order chi connectivity index (χ0) is 17.2. The Balaban J connectivity index is 2.01. The molecule has 2 aliphatic carbocycles. The van der Waals surface area contributed by atoms with Gasteiger partial charge in [-0.05, 0) is 24.1 Å². The molecule has 3 aliphatic rings. The standard InChI is InChI=1S/C13H9F7O2S/c14-11(15)13(19,20)23-9-7(21)6-4-1-2-5(3-4)8(6)22-10(9)12(16,17)18/h1-2,4-6,8,11H,3H2/t4-,5-,6-,8-/m0/s1. The molecular formula is C13H9F7O2S. The van der Waals surface area contributed by atoms with Crippen LogP contribution >= 0.6 is 11.8 Å². The van der Waals surface area contributed by atoms with E-state index in [0.717, 1.165) is 0 Å². The Labute approximate surface area is 129 Å². The zero-order valence-electron chi connectivity index (χ0n) is 11.1. The summed E-state index contributed by atoms with van der Waals surface area (Å²) < 4.78 is 94.9. The molecule has 0 saturated heterocycles. The summed E-state index contributed by atoms with van der Waals surface area (Å²) in [5, 5.41) is -4.81. The number of hydrogen-bond donors (Lipinski definition) is 0. The van der Waals surface area contributed by atoms with E-state index in [1.54, 1.807) is 12.2 Å². The van der Waals surface area contributed by atoms with Crippen molar-refractivity contribution in [3.8, 4) is 0 Å². The summed E-state index contributed by atoms with van der Waals surface area (Å²) >= 11 is -1.07. The fraction of sp³-hybridized carbons (Fsp3) is 0.615. The van der Waals surface area contributed by atoms with E-state index in [9.17, 15) is 35.5 Å². The Kier molecular flexibility index (Phi) is 3.73. The lowest BCUT2D eigenvalue weighted by Crippen LogP contribution is -2.42. The predicted octanol–water partition coefficient (Wildman–Crippen LogP) is 4.14. The van der Waals surface area contributed by atoms with Crippen molar-refractivity contribution >= 4 is 17.5 Å². The first-order chi connectivity index (χ1) is 10.5. The minimum Gasteiger partial charge on any atom is -0.483 e. The first-order valence-electron chi connectivity index (χ1n) is 6.58. The highest BCUT2D eigenvalue weighted by molar-refractivity contribution is 8.05. The first-order valence-corrected chi connectivity index (χ1v) is 7.39. The first kappa shape index (κ1) is 16.7. The van der Waals surface area contributed by atoms with Crippen molar-refractivity contribution in [1.82, 2.24) is 0 Å². The molecule has 0 unspecified atom stereocenters. The van der Waals surface area contributed by atoms with Gasteiger partial charge in [-0.15, -0.1) is 0 Å². The second-order valence-electron chi connectivity index (χ2n) is 5.54. The molecule has 3 rings (SSSR count). The van der Waals surface area contributed by atoms with Crippen LogP contribution in [0, 0.1) is 17.8 Å². The Morgan fingerprint density at radius 3 is 2.30 bits per heavy atom. The molecule has 1 fully saturated rings. The van der Waals surface area contributed by atoms with Crippen molar-refractivity contribution in [3.63, 3.8) is 0 Å². The maximum Gasteiger partial charge on any atom is 0.450 e. The van der Waals surface area contributed by atoms with Crippen molar-refractivity contribution in [2.75, 3.05) is 0 Å². The summed E-state index contributed by atoms with van der Waals surface area (Å²) in [5.74, 6) is -4.95. The molecule has 1 heterocycles. The van der Waals surface area contributed by atoms with Crippen LogP contribution in [0.1, 0.15) is 6.42 Å². The van der Waals surface area contributed by atoms with Gasteiger partial charge in [0, 0.05) is 5.92 Å². The largest absolute Gasteiger partial charge is 0.483 e. The summed E-state index contributed by atoms with van der Waals surface area (Å²) in [6, 6.07) is 0. The number of halogens is 7. The van der Waals surface area contributed by atoms with Gasteiger partial charge in [-0.1, -0.05) is 12.2 Å². The maximum atomic E-state index is 13.2. The lowest BCUT2D eigenvalue weighted by Gasteiger charge is -2.35. The van der Waals surface area contributed by atoms with Gasteiger partial charge in [0.1, 0.15) is 11.0 Å². The smallest absolute Gasteiger partial charge is 0.450 e. The molecule has 10 heteroatoms. The zero-order valence-corrected chi connectivity index (χ0v) is 11.9. The third-order valence-electron chi connectivity index (χ3n) is 4.12. The average Bonchev–Trinajstić information content (AvgIpc) is 3.01. The van der Waals surface area contributed by atoms with E-state index >= 15 is 0 Å². The highest BCUT2D eigenvalue weighted by atomic mass is 32.2. The molecule has 1 aliphatic heterocycles. The normalized spacial score (nSPS) is 33.5. The minimum absolute atomic E-state index is 0.384. The van der Waals surface area contributed by atoms with Crippen molar-refractivity contribution in [2.45, 2.75) is 30.4 Å². The van der Waals surface area contributed by atoms with Crippen LogP contribution < -0.4 is 0 Å². The Hall–Kier alpha value is -1.19. The van der Waals surface area contributed by atoms with Crippen LogP contribution in [0.15, 0.2) is 22.8 Å². The lowest BCUT2D eigenvalue weighted by atomic mass is 9.85. The van der Waals surface area contributed by atoms with Gasteiger partial charge in [0.2, 0.25) is 5.76 Å². The number of alkyl halides is 7. The minimum atomic E-state index is -5.22. The molecule has 0 aromatic carbocycles. The molecule has 23 heavy (non-hydrogen) atoms. The second kappa shape index (κ2) is 5.15. The van der Waals surface area contributed by atoms with E-state index in [-0.39, 0.29) is 0 Å². The summed E-state index contributed by atoms with van der Waals surface area (Å²) in [6.07, 6.45) is -6.88. The number of allylic oxidation sites excluding steroid dienone is 3. The number of carbonyl (C=O) groups is 1. The van der Waals surface area contributed by atoms with E-state index < -0.39 is 69.9 Å². The quantitative estimate of drug-likeness (QED) is 0.558. The van der Waals surface area contributed by atoms with Crippen LogP contribution in [0.5, 0.6) is 0 Å². The molecule has 0 amide bonds. The molecule has 0 aromatic heterocycles. The van der Waals surface area contributed by atoms with Gasteiger partial charge in [0.25, 0.3) is 0 Å². The molecule has 128 valence electrons. The van der Waals surface area contributed by atoms with Crippen molar-refractivity contribution in [2.24, 2.45) is 17.8 Å². The van der Waals surface area contributed by atoms with Gasteiger partial charge in [0.15, 0.2) is 5.78 Å². The van der Waals surface area contributed by atoms with Gasteiger partial charge >= 0.3 is 17.9 Å². The van der Waals surface area contributed by atoms with Crippen LogP contribution in [0.3, 0.4) is 0 Å². The van der Waals surface area contributed by atoms with Crippen LogP contribution in [0.2, 0.25) is 0 Å². The Morgan fingerprint density at radius 1 is 1.13 bits per heavy atom. The molecular weight excluding hydrogens is 353 g/mol. The molecule has 0 radical (unpaired) electrons. The molecule has 4 atom stereocenters. The maximum absolute atomic E-state index is 13.2. The van der Waals surface area contributed by atoms with Crippen molar-refractivity contribution in [3.05, 3.63) is 22.8 Å². The average molecular weight is 362 g/mol. The molecule has 2 nitrogen and oxygen atoms in total. The molecule has 2 bridgehead atoms. The number of thioether (sulfide) groups is 1. The van der Waals surface area contributed by atoms with Crippen LogP contribution in [0.4, 0.5) is 30.7 Å². The predicted molar refractivity (Wildman–Crippen MR) is 65.7 cm³/mol. The Morgan fingerprint density at radius 2 is 1.74 bits per heavy atom. The summed E-state index contributed by atoms with van der Waals surface area (Å²) in [5.41, 5.74) is 0. The fourth-order valence-electron chi connectivity index (χ4n) is 3.21. The third-order valence-corrected chi connectivity index (χ3v) is 5.16. The number of hydrogen-bond acceptors (Lipinski definition) is 3. The van der Waals surface area contributed by atoms with E-state index in [0.29, 0.717) is 6.42 Å². The molecule has 0 spiro atoms.